The largest absolute Gasteiger partial charge is 0.462 e. The molecule has 0 aromatic heterocycles. The number of rotatable bonds is 51. The van der Waals surface area contributed by atoms with Gasteiger partial charge in [0.2, 0.25) is 0 Å². The number of carbonyl (C=O) groups excluding carboxylic acids is 3. The summed E-state index contributed by atoms with van der Waals surface area (Å²) in [6.45, 7) is 6.51. The van der Waals surface area contributed by atoms with Gasteiger partial charge < -0.3 is 14.2 Å². The van der Waals surface area contributed by atoms with Gasteiger partial charge in [0.1, 0.15) is 13.2 Å². The van der Waals surface area contributed by atoms with E-state index in [0.29, 0.717) is 19.3 Å². The summed E-state index contributed by atoms with van der Waals surface area (Å²) in [5, 5.41) is 0. The zero-order chi connectivity index (χ0) is 50.0. The van der Waals surface area contributed by atoms with Gasteiger partial charge in [-0.25, -0.2) is 0 Å². The van der Waals surface area contributed by atoms with E-state index in [0.717, 1.165) is 70.6 Å². The third kappa shape index (κ3) is 55.1. The van der Waals surface area contributed by atoms with Crippen LogP contribution in [0.4, 0.5) is 0 Å². The summed E-state index contributed by atoms with van der Waals surface area (Å²) in [4.78, 5) is 38.1. The molecule has 0 heterocycles. The lowest BCUT2D eigenvalue weighted by Crippen LogP contribution is -2.30. The zero-order valence-electron chi connectivity index (χ0n) is 45.0. The van der Waals surface area contributed by atoms with E-state index < -0.39 is 6.10 Å². The molecule has 0 amide bonds. The summed E-state index contributed by atoms with van der Waals surface area (Å²) >= 11 is 0. The first-order valence-corrected chi connectivity index (χ1v) is 28.7. The van der Waals surface area contributed by atoms with Crippen LogP contribution in [0.3, 0.4) is 0 Å². The molecule has 0 spiro atoms. The van der Waals surface area contributed by atoms with E-state index in [9.17, 15) is 14.4 Å². The van der Waals surface area contributed by atoms with E-state index in [1.54, 1.807) is 0 Å². The Hall–Kier alpha value is -3.67. The first kappa shape index (κ1) is 65.3. The predicted molar refractivity (Wildman–Crippen MR) is 297 cm³/mol. The molecule has 0 aliphatic rings. The molecule has 0 rings (SSSR count). The first-order valence-electron chi connectivity index (χ1n) is 28.7. The van der Waals surface area contributed by atoms with Crippen molar-refractivity contribution in [1.82, 2.24) is 0 Å². The summed E-state index contributed by atoms with van der Waals surface area (Å²) < 4.78 is 16.8. The molecule has 0 fully saturated rings. The summed E-state index contributed by atoms with van der Waals surface area (Å²) in [5.74, 6) is -1.03. The number of allylic oxidation sites excluding steroid dienone is 16. The van der Waals surface area contributed by atoms with Gasteiger partial charge in [0.05, 0.1) is 0 Å². The lowest BCUT2D eigenvalue weighted by Gasteiger charge is -2.18. The maximum Gasteiger partial charge on any atom is 0.306 e. The number of unbranched alkanes of at least 4 members (excludes halogenated alkanes) is 24. The summed E-state index contributed by atoms with van der Waals surface area (Å²) in [6, 6.07) is 0. The van der Waals surface area contributed by atoms with E-state index in [1.165, 1.54) is 141 Å². The summed E-state index contributed by atoms with van der Waals surface area (Å²) in [7, 11) is 0. The Balaban J connectivity index is 4.55. The van der Waals surface area contributed by atoms with Crippen LogP contribution < -0.4 is 0 Å². The molecule has 0 saturated carbocycles. The van der Waals surface area contributed by atoms with Crippen LogP contribution in [-0.4, -0.2) is 37.2 Å². The van der Waals surface area contributed by atoms with Crippen LogP contribution in [0, 0.1) is 0 Å². The molecular formula is C63H106O6. The second kappa shape index (κ2) is 56.9. The average Bonchev–Trinajstić information content (AvgIpc) is 3.35. The van der Waals surface area contributed by atoms with Crippen LogP contribution in [0.5, 0.6) is 0 Å². The van der Waals surface area contributed by atoms with Crippen molar-refractivity contribution in [3.05, 3.63) is 97.2 Å². The fourth-order valence-corrected chi connectivity index (χ4v) is 7.68. The van der Waals surface area contributed by atoms with Gasteiger partial charge in [-0.2, -0.15) is 0 Å². The molecule has 0 atom stereocenters. The summed E-state index contributed by atoms with van der Waals surface area (Å²) in [5.41, 5.74) is 0. The molecule has 394 valence electrons. The van der Waals surface area contributed by atoms with Gasteiger partial charge in [0.15, 0.2) is 6.10 Å². The SMILES string of the molecule is CCCCC/C=C\C/C=C\CCCCCCCCCC(=O)OC(COC(=O)CCC/C=C\C/C=C\C/C=C\CCCCCCCC)COC(=O)CCC/C=C\C/C=C\C/C=C\CCCCCCCC. The fourth-order valence-electron chi connectivity index (χ4n) is 7.68. The van der Waals surface area contributed by atoms with Gasteiger partial charge in [-0.15, -0.1) is 0 Å². The van der Waals surface area contributed by atoms with Crippen molar-refractivity contribution in [1.29, 1.82) is 0 Å². The van der Waals surface area contributed by atoms with Gasteiger partial charge in [-0.05, 0) is 116 Å². The maximum absolute atomic E-state index is 12.8. The third-order valence-corrected chi connectivity index (χ3v) is 12.0. The molecule has 0 aliphatic carbocycles. The van der Waals surface area contributed by atoms with Crippen LogP contribution >= 0.6 is 0 Å². The van der Waals surface area contributed by atoms with Crippen LogP contribution in [0.2, 0.25) is 0 Å². The van der Waals surface area contributed by atoms with E-state index in [4.69, 9.17) is 14.2 Å². The van der Waals surface area contributed by atoms with E-state index >= 15 is 0 Å². The van der Waals surface area contributed by atoms with Gasteiger partial charge in [-0.3, -0.25) is 14.4 Å². The summed E-state index contributed by atoms with van der Waals surface area (Å²) in [6.07, 6.45) is 75.5. The quantitative estimate of drug-likeness (QED) is 0.0262. The van der Waals surface area contributed by atoms with Gasteiger partial charge in [0.25, 0.3) is 0 Å². The lowest BCUT2D eigenvalue weighted by molar-refractivity contribution is -0.167. The molecule has 0 unspecified atom stereocenters. The standard InChI is InChI=1S/C63H106O6/c1-4-7-10-13-16-19-22-25-28-31-34-37-40-43-46-49-52-55-61(64)67-58-60(69-63(66)57-54-51-48-45-42-39-36-33-30-27-24-21-18-15-12-9-6-3)59-68-62(65)56-53-50-47-44-41-38-35-32-29-26-23-20-17-14-11-8-5-2/h18,21,25-30,34-35,37-38,43-44,46-47,60H,4-17,19-20,22-24,31-33,36,39-42,45,48-59H2,1-3H3/b21-18-,28-25-,29-26-,30-27-,37-34-,38-35-,46-43-,47-44-. The lowest BCUT2D eigenvalue weighted by atomic mass is 10.1. The third-order valence-electron chi connectivity index (χ3n) is 12.0. The van der Waals surface area contributed by atoms with Crippen molar-refractivity contribution in [2.24, 2.45) is 0 Å². The molecule has 0 aromatic rings. The van der Waals surface area contributed by atoms with Crippen molar-refractivity contribution >= 4 is 17.9 Å². The molecule has 6 heteroatoms. The van der Waals surface area contributed by atoms with Crippen molar-refractivity contribution < 1.29 is 28.6 Å². The van der Waals surface area contributed by atoms with Crippen LogP contribution in [0.25, 0.3) is 0 Å². The topological polar surface area (TPSA) is 78.9 Å². The number of carbonyl (C=O) groups is 3. The van der Waals surface area contributed by atoms with Crippen molar-refractivity contribution in [3.63, 3.8) is 0 Å². The number of esters is 3. The minimum absolute atomic E-state index is 0.123. The van der Waals surface area contributed by atoms with E-state index in [-0.39, 0.29) is 44.0 Å². The second-order valence-electron chi connectivity index (χ2n) is 18.8. The Morgan fingerprint density at radius 1 is 0.290 bits per heavy atom. The minimum atomic E-state index is -0.824. The number of ether oxygens (including phenoxy) is 3. The van der Waals surface area contributed by atoms with Crippen LogP contribution in [0.15, 0.2) is 97.2 Å². The second-order valence-corrected chi connectivity index (χ2v) is 18.8. The molecule has 0 aromatic carbocycles. The first-order chi connectivity index (χ1) is 34.0. The number of hydrogen-bond acceptors (Lipinski definition) is 6. The highest BCUT2D eigenvalue weighted by molar-refractivity contribution is 5.71. The van der Waals surface area contributed by atoms with Crippen molar-refractivity contribution in [3.8, 4) is 0 Å². The Bertz CT molecular complexity index is 1310. The monoisotopic (exact) mass is 959 g/mol. The van der Waals surface area contributed by atoms with Gasteiger partial charge in [-0.1, -0.05) is 227 Å². The molecule has 0 N–H and O–H groups in total. The molecule has 0 radical (unpaired) electrons. The fraction of sp³-hybridized carbons (Fsp3) is 0.698. The molecule has 6 nitrogen and oxygen atoms in total. The highest BCUT2D eigenvalue weighted by Crippen LogP contribution is 2.13. The Morgan fingerprint density at radius 3 is 0.884 bits per heavy atom. The van der Waals surface area contributed by atoms with Gasteiger partial charge in [0, 0.05) is 19.3 Å². The Kier molecular flexibility index (Phi) is 53.9. The maximum atomic E-state index is 12.8. The molecule has 0 saturated heterocycles. The van der Waals surface area contributed by atoms with Crippen LogP contribution in [0.1, 0.15) is 265 Å². The Labute approximate surface area is 426 Å². The molecular weight excluding hydrogens is 853 g/mol. The normalized spacial score (nSPS) is 12.4. The van der Waals surface area contributed by atoms with Crippen molar-refractivity contribution in [2.45, 2.75) is 271 Å². The minimum Gasteiger partial charge on any atom is -0.462 e. The van der Waals surface area contributed by atoms with Gasteiger partial charge >= 0.3 is 17.9 Å². The average molecular weight is 960 g/mol. The molecule has 69 heavy (non-hydrogen) atoms. The highest BCUT2D eigenvalue weighted by Gasteiger charge is 2.19. The predicted octanol–water partition coefficient (Wildman–Crippen LogP) is 19.3. The zero-order valence-corrected chi connectivity index (χ0v) is 45.0. The Morgan fingerprint density at radius 2 is 0.536 bits per heavy atom. The highest BCUT2D eigenvalue weighted by atomic mass is 16.6. The van der Waals surface area contributed by atoms with Crippen LogP contribution in [-0.2, 0) is 28.6 Å². The smallest absolute Gasteiger partial charge is 0.306 e. The molecule has 0 bridgehead atoms. The number of hydrogen-bond donors (Lipinski definition) is 0. The van der Waals surface area contributed by atoms with E-state index in [2.05, 4.69) is 118 Å². The van der Waals surface area contributed by atoms with Crippen molar-refractivity contribution in [2.75, 3.05) is 13.2 Å². The van der Waals surface area contributed by atoms with E-state index in [1.807, 2.05) is 0 Å². The molecule has 0 aliphatic heterocycles.